The molecule has 0 bridgehead atoms. The fourth-order valence-electron chi connectivity index (χ4n) is 2.87. The van der Waals surface area contributed by atoms with Gasteiger partial charge in [-0.3, -0.25) is 4.79 Å². The van der Waals surface area contributed by atoms with Crippen LogP contribution in [-0.4, -0.2) is 26.5 Å². The number of aromatic amines is 1. The topological polar surface area (TPSA) is 58.6 Å². The van der Waals surface area contributed by atoms with Gasteiger partial charge in [-0.15, -0.1) is 0 Å². The SMILES string of the molecule is Cc1cc2nc(-c3ccc(SCC(=O)c4ccc(F)cc4)nc3)[nH]c2cc1C. The molecule has 2 heterocycles. The van der Waals surface area contributed by atoms with Crippen molar-refractivity contribution >= 4 is 28.6 Å². The van der Waals surface area contributed by atoms with Gasteiger partial charge in [-0.2, -0.15) is 0 Å². The number of benzene rings is 2. The van der Waals surface area contributed by atoms with Crippen LogP contribution in [-0.2, 0) is 0 Å². The Morgan fingerprint density at radius 1 is 1.07 bits per heavy atom. The summed E-state index contributed by atoms with van der Waals surface area (Å²) in [6.45, 7) is 4.15. The molecular weight excluding hydrogens is 373 g/mol. The number of pyridine rings is 1. The van der Waals surface area contributed by atoms with Crippen molar-refractivity contribution in [2.24, 2.45) is 0 Å². The fraction of sp³-hybridized carbons (Fsp3) is 0.136. The van der Waals surface area contributed by atoms with Crippen molar-refractivity contribution in [1.29, 1.82) is 0 Å². The van der Waals surface area contributed by atoms with Gasteiger partial charge in [0.2, 0.25) is 0 Å². The third-order valence-electron chi connectivity index (χ3n) is 4.62. The van der Waals surface area contributed by atoms with E-state index in [1.54, 1.807) is 6.20 Å². The number of aryl methyl sites for hydroxylation is 2. The molecule has 140 valence electrons. The van der Waals surface area contributed by atoms with Gasteiger partial charge < -0.3 is 4.98 Å². The lowest BCUT2D eigenvalue weighted by Gasteiger charge is -2.02. The molecule has 1 N–H and O–H groups in total. The summed E-state index contributed by atoms with van der Waals surface area (Å²) < 4.78 is 13.0. The van der Waals surface area contributed by atoms with Crippen molar-refractivity contribution in [3.63, 3.8) is 0 Å². The zero-order chi connectivity index (χ0) is 19.7. The van der Waals surface area contributed by atoms with Crippen molar-refractivity contribution in [3.05, 3.63) is 77.2 Å². The Kier molecular flexibility index (Phi) is 4.96. The van der Waals surface area contributed by atoms with Crippen LogP contribution in [0.3, 0.4) is 0 Å². The van der Waals surface area contributed by atoms with Gasteiger partial charge in [0, 0.05) is 17.3 Å². The second-order valence-corrected chi connectivity index (χ2v) is 7.64. The van der Waals surface area contributed by atoms with E-state index in [9.17, 15) is 9.18 Å². The molecule has 0 aliphatic heterocycles. The maximum atomic E-state index is 13.0. The van der Waals surface area contributed by atoms with Gasteiger partial charge in [-0.25, -0.2) is 14.4 Å². The predicted octanol–water partition coefficient (Wildman–Crippen LogP) is 5.36. The second-order valence-electron chi connectivity index (χ2n) is 6.64. The smallest absolute Gasteiger partial charge is 0.173 e. The Balaban J connectivity index is 1.46. The molecule has 0 fully saturated rings. The molecule has 4 rings (SSSR count). The van der Waals surface area contributed by atoms with Gasteiger partial charge in [0.25, 0.3) is 0 Å². The lowest BCUT2D eigenvalue weighted by atomic mass is 10.1. The maximum Gasteiger partial charge on any atom is 0.173 e. The Hall–Kier alpha value is -2.99. The summed E-state index contributed by atoms with van der Waals surface area (Å²) in [6.07, 6.45) is 1.75. The quantitative estimate of drug-likeness (QED) is 0.368. The average molecular weight is 391 g/mol. The van der Waals surface area contributed by atoms with Crippen LogP contribution in [0.15, 0.2) is 59.8 Å². The number of carbonyl (C=O) groups is 1. The maximum absolute atomic E-state index is 13.0. The molecule has 6 heteroatoms. The molecule has 0 aliphatic rings. The molecule has 4 nitrogen and oxygen atoms in total. The number of ketones is 1. The normalized spacial score (nSPS) is 11.1. The highest BCUT2D eigenvalue weighted by atomic mass is 32.2. The van der Waals surface area contributed by atoms with E-state index < -0.39 is 0 Å². The molecule has 0 radical (unpaired) electrons. The minimum absolute atomic E-state index is 0.0566. The molecule has 0 saturated carbocycles. The monoisotopic (exact) mass is 391 g/mol. The first kappa shape index (κ1) is 18.4. The van der Waals surface area contributed by atoms with E-state index in [1.165, 1.54) is 47.2 Å². The third kappa shape index (κ3) is 3.82. The van der Waals surface area contributed by atoms with E-state index in [-0.39, 0.29) is 17.4 Å². The summed E-state index contributed by atoms with van der Waals surface area (Å²) in [7, 11) is 0. The zero-order valence-electron chi connectivity index (χ0n) is 15.5. The summed E-state index contributed by atoms with van der Waals surface area (Å²) in [5.41, 5.74) is 5.75. The molecule has 2 aromatic carbocycles. The first-order chi connectivity index (χ1) is 13.5. The summed E-state index contributed by atoms with van der Waals surface area (Å²) >= 11 is 1.36. The molecule has 28 heavy (non-hydrogen) atoms. The van der Waals surface area contributed by atoms with Gasteiger partial charge in [-0.05, 0) is 73.5 Å². The molecule has 0 atom stereocenters. The van der Waals surface area contributed by atoms with Gasteiger partial charge in [-0.1, -0.05) is 11.8 Å². The first-order valence-electron chi connectivity index (χ1n) is 8.84. The molecule has 0 amide bonds. The molecule has 0 unspecified atom stereocenters. The number of carbonyl (C=O) groups excluding carboxylic acids is 1. The number of thioether (sulfide) groups is 1. The third-order valence-corrected chi connectivity index (χ3v) is 5.57. The molecular formula is C22H18FN3OS. The summed E-state index contributed by atoms with van der Waals surface area (Å²) in [4.78, 5) is 24.6. The summed E-state index contributed by atoms with van der Waals surface area (Å²) in [6, 6.07) is 13.6. The number of rotatable bonds is 5. The highest BCUT2D eigenvalue weighted by molar-refractivity contribution is 7.99. The highest BCUT2D eigenvalue weighted by Gasteiger charge is 2.10. The number of nitrogens with one attached hydrogen (secondary N) is 1. The lowest BCUT2D eigenvalue weighted by molar-refractivity contribution is 0.102. The predicted molar refractivity (Wildman–Crippen MR) is 110 cm³/mol. The van der Waals surface area contributed by atoms with Crippen molar-refractivity contribution < 1.29 is 9.18 Å². The van der Waals surface area contributed by atoms with Crippen molar-refractivity contribution in [1.82, 2.24) is 15.0 Å². The first-order valence-corrected chi connectivity index (χ1v) is 9.83. The zero-order valence-corrected chi connectivity index (χ0v) is 16.3. The number of imidazole rings is 1. The van der Waals surface area contributed by atoms with Gasteiger partial charge in [0.05, 0.1) is 21.8 Å². The van der Waals surface area contributed by atoms with Crippen LogP contribution in [0.1, 0.15) is 21.5 Å². The number of halogens is 1. The van der Waals surface area contributed by atoms with Crippen LogP contribution in [0.4, 0.5) is 4.39 Å². The number of hydrogen-bond donors (Lipinski definition) is 1. The standard InChI is InChI=1S/C22H18FN3OS/c1-13-9-18-19(10-14(13)2)26-22(25-18)16-5-8-21(24-11-16)28-12-20(27)15-3-6-17(23)7-4-15/h3-11H,12H2,1-2H3,(H,25,26). The van der Waals surface area contributed by atoms with Crippen LogP contribution in [0.5, 0.6) is 0 Å². The Labute approximate surface area is 166 Å². The number of hydrogen-bond acceptors (Lipinski definition) is 4. The largest absolute Gasteiger partial charge is 0.338 e. The number of aromatic nitrogens is 3. The van der Waals surface area contributed by atoms with Crippen LogP contribution < -0.4 is 0 Å². The van der Waals surface area contributed by atoms with E-state index in [0.717, 1.165) is 27.4 Å². The van der Waals surface area contributed by atoms with Crippen molar-refractivity contribution in [2.75, 3.05) is 5.75 Å². The van der Waals surface area contributed by atoms with Gasteiger partial charge >= 0.3 is 0 Å². The average Bonchev–Trinajstić information content (AvgIpc) is 3.10. The van der Waals surface area contributed by atoms with Crippen LogP contribution in [0, 0.1) is 19.7 Å². The Morgan fingerprint density at radius 3 is 2.54 bits per heavy atom. The van der Waals surface area contributed by atoms with Crippen molar-refractivity contribution in [3.8, 4) is 11.4 Å². The van der Waals surface area contributed by atoms with E-state index >= 15 is 0 Å². The minimum Gasteiger partial charge on any atom is -0.338 e. The van der Waals surface area contributed by atoms with Crippen molar-refractivity contribution in [2.45, 2.75) is 18.9 Å². The Morgan fingerprint density at radius 2 is 1.82 bits per heavy atom. The minimum atomic E-state index is -0.350. The number of nitrogens with zero attached hydrogens (tertiary/aromatic N) is 2. The molecule has 0 saturated heterocycles. The number of Topliss-reactive ketones (excluding diaryl/α,β-unsaturated/α-hetero) is 1. The van der Waals surface area contributed by atoms with E-state index in [0.29, 0.717) is 5.56 Å². The van der Waals surface area contributed by atoms with Crippen LogP contribution in [0.2, 0.25) is 0 Å². The van der Waals surface area contributed by atoms with E-state index in [4.69, 9.17) is 0 Å². The van der Waals surface area contributed by atoms with Crippen LogP contribution >= 0.6 is 11.8 Å². The Bertz CT molecular complexity index is 1110. The second kappa shape index (κ2) is 7.56. The highest BCUT2D eigenvalue weighted by Crippen LogP contribution is 2.24. The van der Waals surface area contributed by atoms with Gasteiger partial charge in [0.1, 0.15) is 11.6 Å². The summed E-state index contributed by atoms with van der Waals surface area (Å²) in [5, 5.41) is 0.752. The molecule has 0 spiro atoms. The van der Waals surface area contributed by atoms with E-state index in [2.05, 4.69) is 40.9 Å². The van der Waals surface area contributed by atoms with E-state index in [1.807, 2.05) is 12.1 Å². The van der Waals surface area contributed by atoms with Crippen LogP contribution in [0.25, 0.3) is 22.4 Å². The lowest BCUT2D eigenvalue weighted by Crippen LogP contribution is -2.02. The summed E-state index contributed by atoms with van der Waals surface area (Å²) in [5.74, 6) is 0.615. The molecule has 4 aromatic rings. The van der Waals surface area contributed by atoms with Gasteiger partial charge in [0.15, 0.2) is 5.78 Å². The molecule has 0 aliphatic carbocycles. The fourth-order valence-corrected chi connectivity index (χ4v) is 3.61. The number of H-pyrrole nitrogens is 1. The number of fused-ring (bicyclic) bond motifs is 1. The molecule has 2 aromatic heterocycles.